The molecule has 0 radical (unpaired) electrons. The molecule has 0 saturated carbocycles. The Hall–Kier alpha value is -0.610. The third-order valence-electron chi connectivity index (χ3n) is 3.35. The maximum absolute atomic E-state index is 11.3. The lowest BCUT2D eigenvalue weighted by molar-refractivity contribution is -0.145. The number of likely N-dealkylation sites (N-methyl/N-ethyl adjacent to an activating group) is 1. The summed E-state index contributed by atoms with van der Waals surface area (Å²) in [6.07, 6.45) is 2.48. The highest BCUT2D eigenvalue weighted by molar-refractivity contribution is 5.72. The van der Waals surface area contributed by atoms with Crippen LogP contribution in [0.15, 0.2) is 0 Å². The largest absolute Gasteiger partial charge is 0.469 e. The van der Waals surface area contributed by atoms with E-state index >= 15 is 0 Å². The third kappa shape index (κ3) is 3.76. The number of hydrogen-bond donors (Lipinski definition) is 0. The molecule has 1 aliphatic rings. The number of hydrogen-bond acceptors (Lipinski definition) is 4. The van der Waals surface area contributed by atoms with Gasteiger partial charge in [0.05, 0.1) is 13.0 Å². The highest BCUT2D eigenvalue weighted by atomic mass is 16.5. The van der Waals surface area contributed by atoms with E-state index in [2.05, 4.69) is 23.9 Å². The van der Waals surface area contributed by atoms with Gasteiger partial charge < -0.3 is 14.5 Å². The molecule has 0 aromatic rings. The van der Waals surface area contributed by atoms with Gasteiger partial charge in [-0.2, -0.15) is 0 Å². The van der Waals surface area contributed by atoms with Gasteiger partial charge in [-0.05, 0) is 33.5 Å². The van der Waals surface area contributed by atoms with Crippen LogP contribution in [-0.4, -0.2) is 62.7 Å². The summed E-state index contributed by atoms with van der Waals surface area (Å²) in [4.78, 5) is 16.0. The molecule has 0 amide bonds. The molecular weight excluding hydrogens is 204 g/mol. The molecule has 1 heterocycles. The van der Waals surface area contributed by atoms with Crippen LogP contribution in [0.25, 0.3) is 0 Å². The van der Waals surface area contributed by atoms with E-state index in [1.165, 1.54) is 20.0 Å². The lowest BCUT2D eigenvalue weighted by Crippen LogP contribution is -2.47. The fourth-order valence-corrected chi connectivity index (χ4v) is 2.28. The predicted molar refractivity (Wildman–Crippen MR) is 64.3 cm³/mol. The number of esters is 1. The molecule has 4 heteroatoms. The summed E-state index contributed by atoms with van der Waals surface area (Å²) in [6.45, 7) is 4.92. The Balaban J connectivity index is 2.39. The van der Waals surface area contributed by atoms with Crippen molar-refractivity contribution in [1.29, 1.82) is 0 Å². The van der Waals surface area contributed by atoms with Crippen LogP contribution in [0.4, 0.5) is 0 Å². The van der Waals surface area contributed by atoms with E-state index in [0.717, 1.165) is 19.6 Å². The Morgan fingerprint density at radius 2 is 2.25 bits per heavy atom. The summed E-state index contributed by atoms with van der Waals surface area (Å²) >= 11 is 0. The van der Waals surface area contributed by atoms with Crippen LogP contribution in [-0.2, 0) is 9.53 Å². The topological polar surface area (TPSA) is 32.8 Å². The zero-order valence-electron chi connectivity index (χ0n) is 10.9. The molecule has 0 aromatic heterocycles. The van der Waals surface area contributed by atoms with Crippen LogP contribution < -0.4 is 0 Å². The first-order valence-electron chi connectivity index (χ1n) is 6.01. The summed E-state index contributed by atoms with van der Waals surface area (Å²) < 4.78 is 4.75. The van der Waals surface area contributed by atoms with E-state index in [1.54, 1.807) is 0 Å². The van der Waals surface area contributed by atoms with Crippen molar-refractivity contribution in [3.05, 3.63) is 0 Å². The Morgan fingerprint density at radius 3 is 2.81 bits per heavy atom. The van der Waals surface area contributed by atoms with E-state index in [-0.39, 0.29) is 11.9 Å². The third-order valence-corrected chi connectivity index (χ3v) is 3.35. The second kappa shape index (κ2) is 6.21. The van der Waals surface area contributed by atoms with E-state index in [9.17, 15) is 4.79 Å². The zero-order valence-corrected chi connectivity index (χ0v) is 10.9. The number of likely N-dealkylation sites (tertiary alicyclic amines) is 1. The average Bonchev–Trinajstić information content (AvgIpc) is 2.28. The maximum Gasteiger partial charge on any atom is 0.309 e. The highest BCUT2D eigenvalue weighted by Crippen LogP contribution is 2.15. The molecule has 0 bridgehead atoms. The molecule has 0 N–H and O–H groups in total. The van der Waals surface area contributed by atoms with Gasteiger partial charge in [0, 0.05) is 19.1 Å². The second-order valence-corrected chi connectivity index (χ2v) is 4.94. The first-order valence-corrected chi connectivity index (χ1v) is 6.01. The summed E-state index contributed by atoms with van der Waals surface area (Å²) in [7, 11) is 5.70. The Kier molecular flexibility index (Phi) is 5.22. The van der Waals surface area contributed by atoms with Crippen molar-refractivity contribution < 1.29 is 9.53 Å². The van der Waals surface area contributed by atoms with Crippen molar-refractivity contribution in [3.63, 3.8) is 0 Å². The number of ether oxygens (including phenoxy) is 1. The SMILES string of the molecule is COC(=O)C(C)CN1CCCC(N(C)C)C1. The fraction of sp³-hybridized carbons (Fsp3) is 0.917. The van der Waals surface area contributed by atoms with Crippen molar-refractivity contribution in [1.82, 2.24) is 9.80 Å². The van der Waals surface area contributed by atoms with Crippen molar-refractivity contribution in [3.8, 4) is 0 Å². The normalized spacial score (nSPS) is 24.4. The number of nitrogens with zero attached hydrogens (tertiary/aromatic N) is 2. The molecule has 1 rings (SSSR count). The minimum atomic E-state index is -0.105. The highest BCUT2D eigenvalue weighted by Gasteiger charge is 2.24. The van der Waals surface area contributed by atoms with Gasteiger partial charge in [-0.1, -0.05) is 6.92 Å². The van der Waals surface area contributed by atoms with Crippen LogP contribution in [0.2, 0.25) is 0 Å². The number of carbonyl (C=O) groups excluding carboxylic acids is 1. The van der Waals surface area contributed by atoms with Crippen molar-refractivity contribution in [2.45, 2.75) is 25.8 Å². The van der Waals surface area contributed by atoms with Crippen LogP contribution in [0.5, 0.6) is 0 Å². The molecule has 1 saturated heterocycles. The second-order valence-electron chi connectivity index (χ2n) is 4.94. The molecule has 0 aromatic carbocycles. The van der Waals surface area contributed by atoms with Gasteiger partial charge in [0.15, 0.2) is 0 Å². The molecule has 4 nitrogen and oxygen atoms in total. The monoisotopic (exact) mass is 228 g/mol. The van der Waals surface area contributed by atoms with Gasteiger partial charge in [0.2, 0.25) is 0 Å². The summed E-state index contributed by atoms with van der Waals surface area (Å²) in [5.74, 6) is -0.127. The number of rotatable bonds is 4. The molecule has 16 heavy (non-hydrogen) atoms. The molecule has 2 unspecified atom stereocenters. The first-order chi connectivity index (χ1) is 7.54. The minimum absolute atomic E-state index is 0.0223. The molecule has 0 spiro atoms. The van der Waals surface area contributed by atoms with E-state index in [0.29, 0.717) is 6.04 Å². The standard InChI is InChI=1S/C12H24N2O2/c1-10(12(15)16-4)8-14-7-5-6-11(9-14)13(2)3/h10-11H,5-9H2,1-4H3. The summed E-state index contributed by atoms with van der Waals surface area (Å²) in [5.41, 5.74) is 0. The van der Waals surface area contributed by atoms with Crippen molar-refractivity contribution >= 4 is 5.97 Å². The first kappa shape index (κ1) is 13.5. The van der Waals surface area contributed by atoms with Gasteiger partial charge in [0.25, 0.3) is 0 Å². The summed E-state index contributed by atoms with van der Waals surface area (Å²) in [5, 5.41) is 0. The van der Waals surface area contributed by atoms with Crippen LogP contribution in [0.1, 0.15) is 19.8 Å². The van der Waals surface area contributed by atoms with Crippen molar-refractivity contribution in [2.75, 3.05) is 40.8 Å². The van der Waals surface area contributed by atoms with E-state index in [4.69, 9.17) is 4.74 Å². The van der Waals surface area contributed by atoms with Crippen molar-refractivity contribution in [2.24, 2.45) is 5.92 Å². The summed E-state index contributed by atoms with van der Waals surface area (Å²) in [6, 6.07) is 0.624. The predicted octanol–water partition coefficient (Wildman–Crippen LogP) is 0.821. The molecule has 94 valence electrons. The Labute approximate surface area is 98.5 Å². The lowest BCUT2D eigenvalue weighted by atomic mass is 10.0. The van der Waals surface area contributed by atoms with Gasteiger partial charge >= 0.3 is 5.97 Å². The molecule has 1 fully saturated rings. The van der Waals surface area contributed by atoms with Crippen LogP contribution in [0.3, 0.4) is 0 Å². The van der Waals surface area contributed by atoms with Crippen LogP contribution in [0, 0.1) is 5.92 Å². The van der Waals surface area contributed by atoms with Gasteiger partial charge in [0.1, 0.15) is 0 Å². The lowest BCUT2D eigenvalue weighted by Gasteiger charge is -2.36. The number of piperidine rings is 1. The fourth-order valence-electron chi connectivity index (χ4n) is 2.28. The smallest absolute Gasteiger partial charge is 0.309 e. The molecule has 0 aliphatic carbocycles. The Bertz CT molecular complexity index is 231. The molecule has 2 atom stereocenters. The van der Waals surface area contributed by atoms with Crippen LogP contribution >= 0.6 is 0 Å². The van der Waals surface area contributed by atoms with Gasteiger partial charge in [-0.15, -0.1) is 0 Å². The minimum Gasteiger partial charge on any atom is -0.469 e. The molecule has 1 aliphatic heterocycles. The quantitative estimate of drug-likeness (QED) is 0.667. The van der Waals surface area contributed by atoms with E-state index < -0.39 is 0 Å². The van der Waals surface area contributed by atoms with E-state index in [1.807, 2.05) is 6.92 Å². The number of methoxy groups -OCH3 is 1. The van der Waals surface area contributed by atoms with Gasteiger partial charge in [-0.3, -0.25) is 4.79 Å². The average molecular weight is 228 g/mol. The Morgan fingerprint density at radius 1 is 1.56 bits per heavy atom. The van der Waals surface area contributed by atoms with Gasteiger partial charge in [-0.25, -0.2) is 0 Å². The maximum atomic E-state index is 11.3. The zero-order chi connectivity index (χ0) is 12.1. The number of carbonyl (C=O) groups is 1. The molecular formula is C12H24N2O2.